The van der Waals surface area contributed by atoms with Crippen LogP contribution in [0.1, 0.15) is 5.56 Å². The van der Waals surface area contributed by atoms with Gasteiger partial charge in [0.1, 0.15) is 11.4 Å². The molecule has 0 saturated carbocycles. The third-order valence-electron chi connectivity index (χ3n) is 3.11. The highest BCUT2D eigenvalue weighted by Crippen LogP contribution is 2.34. The van der Waals surface area contributed by atoms with Gasteiger partial charge in [-0.1, -0.05) is 5.92 Å². The van der Waals surface area contributed by atoms with Gasteiger partial charge >= 0.3 is 18.3 Å². The molecule has 2 aromatic rings. The number of carbonyl (C=O) groups is 1. The van der Waals surface area contributed by atoms with Crippen LogP contribution >= 0.6 is 0 Å². The Balaban J connectivity index is 2.17. The molecule has 0 spiro atoms. The van der Waals surface area contributed by atoms with Gasteiger partial charge in [0.25, 0.3) is 0 Å². The normalized spacial score (nSPS) is 11.5. The molecular formula is C16H11F6N5O. The van der Waals surface area contributed by atoms with Crippen LogP contribution in [0.4, 0.5) is 49.5 Å². The second kappa shape index (κ2) is 8.03. The van der Waals surface area contributed by atoms with E-state index < -0.39 is 29.6 Å². The zero-order valence-corrected chi connectivity index (χ0v) is 13.7. The predicted octanol–water partition coefficient (Wildman–Crippen LogP) is 3.78. The van der Waals surface area contributed by atoms with Crippen molar-refractivity contribution < 1.29 is 31.1 Å². The number of terminal acetylenes is 1. The van der Waals surface area contributed by atoms with Crippen molar-refractivity contribution in [3.05, 3.63) is 36.0 Å². The molecule has 0 atom stereocenters. The van der Waals surface area contributed by atoms with E-state index in [2.05, 4.69) is 26.5 Å². The Kier molecular flexibility index (Phi) is 5.97. The number of carbonyl (C=O) groups excluding carboxylic acids is 1. The van der Waals surface area contributed by atoms with Crippen LogP contribution in [0.25, 0.3) is 0 Å². The topological polar surface area (TPSA) is 78.9 Å². The molecule has 2 rings (SSSR count). The second-order valence-electron chi connectivity index (χ2n) is 5.17. The molecule has 12 heteroatoms. The van der Waals surface area contributed by atoms with Crippen molar-refractivity contribution in [3.63, 3.8) is 0 Å². The number of aromatic nitrogens is 2. The van der Waals surface area contributed by atoms with Crippen LogP contribution < -0.4 is 16.0 Å². The van der Waals surface area contributed by atoms with E-state index >= 15 is 0 Å². The number of alkyl halides is 6. The fourth-order valence-corrected chi connectivity index (χ4v) is 1.89. The van der Waals surface area contributed by atoms with Crippen LogP contribution in [0.3, 0.4) is 0 Å². The van der Waals surface area contributed by atoms with Gasteiger partial charge in [-0.3, -0.25) is 4.79 Å². The summed E-state index contributed by atoms with van der Waals surface area (Å²) in [5.41, 5.74) is -0.983. The maximum atomic E-state index is 13.0. The fraction of sp³-hybridized carbons (Fsp3) is 0.188. The summed E-state index contributed by atoms with van der Waals surface area (Å²) >= 11 is 0. The quantitative estimate of drug-likeness (QED) is 0.523. The van der Waals surface area contributed by atoms with E-state index in [0.717, 1.165) is 12.1 Å². The SMILES string of the molecule is C#CCNc1nc(Nc2ccc(NC(=O)C(F)(F)F)cc2)ncc1C(F)(F)F. The molecule has 0 saturated heterocycles. The Labute approximate surface area is 154 Å². The van der Waals surface area contributed by atoms with E-state index in [9.17, 15) is 31.1 Å². The summed E-state index contributed by atoms with van der Waals surface area (Å²) in [7, 11) is 0. The van der Waals surface area contributed by atoms with Crippen molar-refractivity contribution in [1.29, 1.82) is 0 Å². The van der Waals surface area contributed by atoms with Crippen molar-refractivity contribution in [2.24, 2.45) is 0 Å². The first-order valence-electron chi connectivity index (χ1n) is 7.37. The van der Waals surface area contributed by atoms with Gasteiger partial charge in [-0.25, -0.2) is 4.98 Å². The van der Waals surface area contributed by atoms with Crippen molar-refractivity contribution in [2.45, 2.75) is 12.4 Å². The molecule has 1 amide bonds. The highest BCUT2D eigenvalue weighted by atomic mass is 19.4. The predicted molar refractivity (Wildman–Crippen MR) is 88.8 cm³/mol. The van der Waals surface area contributed by atoms with Crippen LogP contribution in [0.15, 0.2) is 30.5 Å². The van der Waals surface area contributed by atoms with E-state index in [0.29, 0.717) is 6.20 Å². The van der Waals surface area contributed by atoms with E-state index in [4.69, 9.17) is 6.42 Å². The van der Waals surface area contributed by atoms with Gasteiger partial charge in [-0.15, -0.1) is 6.42 Å². The van der Waals surface area contributed by atoms with E-state index in [1.54, 1.807) is 5.32 Å². The minimum absolute atomic E-state index is 0.127. The maximum absolute atomic E-state index is 13.0. The average molecular weight is 403 g/mol. The number of nitrogens with one attached hydrogen (secondary N) is 3. The number of anilines is 4. The highest BCUT2D eigenvalue weighted by Gasteiger charge is 2.38. The summed E-state index contributed by atoms with van der Waals surface area (Å²) in [6, 6.07) is 4.88. The third kappa shape index (κ3) is 5.50. The molecule has 0 radical (unpaired) electrons. The Bertz CT molecular complexity index is 886. The monoisotopic (exact) mass is 403 g/mol. The molecule has 0 fully saturated rings. The molecule has 0 aliphatic heterocycles. The van der Waals surface area contributed by atoms with E-state index in [-0.39, 0.29) is 23.9 Å². The van der Waals surface area contributed by atoms with Gasteiger partial charge < -0.3 is 16.0 Å². The number of rotatable bonds is 5. The number of benzene rings is 1. The molecule has 1 heterocycles. The van der Waals surface area contributed by atoms with Crippen molar-refractivity contribution >= 4 is 29.0 Å². The Morgan fingerprint density at radius 1 is 1.07 bits per heavy atom. The summed E-state index contributed by atoms with van der Waals surface area (Å²) < 4.78 is 75.5. The summed E-state index contributed by atoms with van der Waals surface area (Å²) in [5.74, 6) is -0.752. The van der Waals surface area contributed by atoms with Gasteiger partial charge in [-0.2, -0.15) is 31.3 Å². The van der Waals surface area contributed by atoms with Crippen molar-refractivity contribution in [1.82, 2.24) is 9.97 Å². The van der Waals surface area contributed by atoms with Gasteiger partial charge in [-0.05, 0) is 24.3 Å². The first-order valence-corrected chi connectivity index (χ1v) is 7.37. The van der Waals surface area contributed by atoms with Gasteiger partial charge in [0.2, 0.25) is 5.95 Å². The largest absolute Gasteiger partial charge is 0.471 e. The average Bonchev–Trinajstić information content (AvgIpc) is 2.60. The fourth-order valence-electron chi connectivity index (χ4n) is 1.89. The zero-order chi connectivity index (χ0) is 20.9. The van der Waals surface area contributed by atoms with Gasteiger partial charge in [0.15, 0.2) is 0 Å². The number of nitrogens with zero attached hydrogens (tertiary/aromatic N) is 2. The molecule has 1 aromatic heterocycles. The lowest BCUT2D eigenvalue weighted by molar-refractivity contribution is -0.167. The zero-order valence-electron chi connectivity index (χ0n) is 13.7. The Morgan fingerprint density at radius 3 is 2.21 bits per heavy atom. The Hall–Kier alpha value is -3.49. The summed E-state index contributed by atoms with van der Waals surface area (Å²) in [5, 5.41) is 6.59. The minimum Gasteiger partial charge on any atom is -0.358 e. The van der Waals surface area contributed by atoms with Crippen molar-refractivity contribution in [3.8, 4) is 12.3 Å². The molecule has 0 aliphatic carbocycles. The molecule has 0 aliphatic rings. The molecule has 0 bridgehead atoms. The van der Waals surface area contributed by atoms with E-state index in [1.165, 1.54) is 12.1 Å². The van der Waals surface area contributed by atoms with Gasteiger partial charge in [0.05, 0.1) is 6.54 Å². The summed E-state index contributed by atoms with van der Waals surface area (Å²) in [4.78, 5) is 18.1. The lowest BCUT2D eigenvalue weighted by atomic mass is 10.2. The molecule has 3 N–H and O–H groups in total. The molecule has 6 nitrogen and oxygen atoms in total. The van der Waals surface area contributed by atoms with Crippen LogP contribution in [-0.2, 0) is 11.0 Å². The number of amides is 1. The van der Waals surface area contributed by atoms with E-state index in [1.807, 2.05) is 0 Å². The minimum atomic E-state index is -5.03. The van der Waals surface area contributed by atoms with Crippen LogP contribution in [0.5, 0.6) is 0 Å². The molecule has 1 aromatic carbocycles. The molecule has 148 valence electrons. The Morgan fingerprint density at radius 2 is 1.68 bits per heavy atom. The maximum Gasteiger partial charge on any atom is 0.471 e. The third-order valence-corrected chi connectivity index (χ3v) is 3.11. The molecular weight excluding hydrogens is 392 g/mol. The number of hydrogen-bond donors (Lipinski definition) is 3. The summed E-state index contributed by atoms with van der Waals surface area (Å²) in [6.07, 6.45) is -4.15. The number of halogens is 6. The van der Waals surface area contributed by atoms with Crippen molar-refractivity contribution in [2.75, 3.05) is 22.5 Å². The number of hydrogen-bond acceptors (Lipinski definition) is 5. The van der Waals surface area contributed by atoms with Gasteiger partial charge in [0, 0.05) is 17.6 Å². The van der Waals surface area contributed by atoms with Crippen LogP contribution in [0.2, 0.25) is 0 Å². The second-order valence-corrected chi connectivity index (χ2v) is 5.17. The lowest BCUT2D eigenvalue weighted by Gasteiger charge is -2.14. The standard InChI is InChI=1S/C16H11F6N5O/c1-2-7-23-12-11(15(17,18)19)8-24-14(27-12)26-10-5-3-9(4-6-10)25-13(28)16(20,21)22/h1,3-6,8H,7H2,(H,25,28)(H2,23,24,26,27). The first kappa shape index (κ1) is 20.8. The first-order chi connectivity index (χ1) is 13.0. The van der Waals surface area contributed by atoms with Crippen LogP contribution in [0, 0.1) is 12.3 Å². The lowest BCUT2D eigenvalue weighted by Crippen LogP contribution is -2.29. The smallest absolute Gasteiger partial charge is 0.358 e. The molecule has 0 unspecified atom stereocenters. The molecule has 28 heavy (non-hydrogen) atoms. The highest BCUT2D eigenvalue weighted by molar-refractivity contribution is 5.95. The van der Waals surface area contributed by atoms with Crippen LogP contribution in [-0.4, -0.2) is 28.6 Å². The summed E-state index contributed by atoms with van der Waals surface area (Å²) in [6.45, 7) is -0.201.